The molecule has 0 atom stereocenters. The van der Waals surface area contributed by atoms with Crippen molar-refractivity contribution in [1.29, 1.82) is 0 Å². The van der Waals surface area contributed by atoms with Gasteiger partial charge in [-0.25, -0.2) is 4.79 Å². The van der Waals surface area contributed by atoms with E-state index in [2.05, 4.69) is 10.3 Å². The second-order valence-corrected chi connectivity index (χ2v) is 8.32. The van der Waals surface area contributed by atoms with E-state index in [1.807, 2.05) is 31.2 Å². The predicted molar refractivity (Wildman–Crippen MR) is 118 cm³/mol. The van der Waals surface area contributed by atoms with E-state index in [9.17, 15) is 14.4 Å². The van der Waals surface area contributed by atoms with E-state index in [4.69, 9.17) is 4.74 Å². The maximum atomic E-state index is 13.0. The molecule has 2 heterocycles. The van der Waals surface area contributed by atoms with Gasteiger partial charge in [0, 0.05) is 31.7 Å². The minimum atomic E-state index is -0.444. The zero-order chi connectivity index (χ0) is 22.5. The minimum Gasteiger partial charge on any atom is -0.465 e. The first-order valence-corrected chi connectivity index (χ1v) is 10.7. The monoisotopic (exact) mass is 425 g/mol. The van der Waals surface area contributed by atoms with Crippen LogP contribution in [0.4, 0.5) is 0 Å². The summed E-state index contributed by atoms with van der Waals surface area (Å²) in [6.45, 7) is 7.28. The van der Waals surface area contributed by atoms with Crippen LogP contribution in [0, 0.1) is 26.7 Å². The normalized spacial score (nSPS) is 14.4. The van der Waals surface area contributed by atoms with Gasteiger partial charge in [-0.2, -0.15) is 0 Å². The maximum absolute atomic E-state index is 13.0. The number of esters is 1. The number of rotatable bonds is 6. The molecule has 166 valence electrons. The lowest BCUT2D eigenvalue weighted by Gasteiger charge is -2.31. The summed E-state index contributed by atoms with van der Waals surface area (Å²) in [5, 5.41) is 2.99. The van der Waals surface area contributed by atoms with Gasteiger partial charge in [-0.15, -0.1) is 0 Å². The van der Waals surface area contributed by atoms with E-state index >= 15 is 0 Å². The molecule has 1 fully saturated rings. The number of carbonyl (C=O) groups excluding carboxylic acids is 3. The van der Waals surface area contributed by atoms with Crippen LogP contribution in [0.1, 0.15) is 62.5 Å². The predicted octanol–water partition coefficient (Wildman–Crippen LogP) is 3.29. The van der Waals surface area contributed by atoms with E-state index in [1.165, 1.54) is 12.7 Å². The fourth-order valence-corrected chi connectivity index (χ4v) is 4.11. The molecule has 1 aromatic heterocycles. The first-order chi connectivity index (χ1) is 14.8. The highest BCUT2D eigenvalue weighted by atomic mass is 16.5. The van der Waals surface area contributed by atoms with Crippen LogP contribution in [-0.4, -0.2) is 47.9 Å². The van der Waals surface area contributed by atoms with Crippen molar-refractivity contribution in [2.45, 2.75) is 46.6 Å². The molecule has 2 aromatic rings. The molecule has 0 aliphatic carbocycles. The summed E-state index contributed by atoms with van der Waals surface area (Å²) in [6.07, 6.45) is 2.04. The molecule has 0 unspecified atom stereocenters. The number of aromatic nitrogens is 1. The fourth-order valence-electron chi connectivity index (χ4n) is 4.11. The number of hydrogen-bond acceptors (Lipinski definition) is 4. The number of carbonyl (C=O) groups is 3. The van der Waals surface area contributed by atoms with Crippen LogP contribution in [0.5, 0.6) is 0 Å². The van der Waals surface area contributed by atoms with Gasteiger partial charge in [-0.05, 0) is 50.7 Å². The summed E-state index contributed by atoms with van der Waals surface area (Å²) < 4.78 is 4.82. The Bertz CT molecular complexity index is 954. The Morgan fingerprint density at radius 3 is 2.35 bits per heavy atom. The van der Waals surface area contributed by atoms with Gasteiger partial charge in [0.05, 0.1) is 12.7 Å². The third-order valence-corrected chi connectivity index (χ3v) is 6.03. The van der Waals surface area contributed by atoms with Crippen molar-refractivity contribution < 1.29 is 19.1 Å². The summed E-state index contributed by atoms with van der Waals surface area (Å²) in [6, 6.07) is 8.12. The highest BCUT2D eigenvalue weighted by molar-refractivity contribution is 6.00. The lowest BCUT2D eigenvalue weighted by molar-refractivity contribution is -0.122. The molecule has 1 aliphatic heterocycles. The van der Waals surface area contributed by atoms with Crippen molar-refractivity contribution in [2.75, 3.05) is 20.2 Å². The van der Waals surface area contributed by atoms with Gasteiger partial charge in [0.25, 0.3) is 5.91 Å². The summed E-state index contributed by atoms with van der Waals surface area (Å²) in [7, 11) is 1.33. The number of piperidine rings is 1. The Morgan fingerprint density at radius 1 is 1.10 bits per heavy atom. The van der Waals surface area contributed by atoms with Gasteiger partial charge >= 0.3 is 5.97 Å². The Kier molecular flexibility index (Phi) is 7.15. The van der Waals surface area contributed by atoms with Crippen LogP contribution in [-0.2, 0) is 16.1 Å². The lowest BCUT2D eigenvalue weighted by Crippen LogP contribution is -2.40. The molecule has 1 saturated heterocycles. The number of nitrogens with zero attached hydrogens (tertiary/aromatic N) is 1. The number of H-pyrrole nitrogens is 1. The minimum absolute atomic E-state index is 0.0453. The van der Waals surface area contributed by atoms with Gasteiger partial charge in [-0.3, -0.25) is 9.59 Å². The van der Waals surface area contributed by atoms with E-state index in [0.717, 1.165) is 18.4 Å². The molecule has 0 bridgehead atoms. The number of ether oxygens (including phenoxy) is 1. The van der Waals surface area contributed by atoms with Gasteiger partial charge in [0.1, 0.15) is 5.69 Å². The Labute approximate surface area is 183 Å². The largest absolute Gasteiger partial charge is 0.465 e. The lowest BCUT2D eigenvalue weighted by atomic mass is 9.93. The van der Waals surface area contributed by atoms with Gasteiger partial charge in [0.2, 0.25) is 5.91 Å². The summed E-state index contributed by atoms with van der Waals surface area (Å²) in [5.74, 6) is -0.248. The van der Waals surface area contributed by atoms with Gasteiger partial charge in [-0.1, -0.05) is 29.8 Å². The number of nitrogens with one attached hydrogen (secondary N) is 2. The number of hydrogen-bond donors (Lipinski definition) is 2. The van der Waals surface area contributed by atoms with Crippen molar-refractivity contribution in [2.24, 2.45) is 5.92 Å². The molecule has 0 saturated carbocycles. The van der Waals surface area contributed by atoms with E-state index in [-0.39, 0.29) is 17.7 Å². The van der Waals surface area contributed by atoms with Crippen LogP contribution in [0.15, 0.2) is 24.3 Å². The van der Waals surface area contributed by atoms with E-state index in [0.29, 0.717) is 48.6 Å². The second-order valence-electron chi connectivity index (χ2n) is 8.32. The molecule has 2 N–H and O–H groups in total. The summed E-state index contributed by atoms with van der Waals surface area (Å²) >= 11 is 0. The highest BCUT2D eigenvalue weighted by Gasteiger charge is 2.29. The molecule has 7 heteroatoms. The fraction of sp³-hybridized carbons (Fsp3) is 0.458. The third kappa shape index (κ3) is 5.34. The standard InChI is InChI=1S/C24H31N3O4/c1-15-5-7-19(8-6-15)14-25-20(28)13-18-9-11-27(12-10-18)23(29)22-16(2)21(17(3)26-22)24(30)31-4/h5-8,18,26H,9-14H2,1-4H3,(H,25,28). The van der Waals surface area contributed by atoms with E-state index in [1.54, 1.807) is 18.7 Å². The van der Waals surface area contributed by atoms with Gasteiger partial charge < -0.3 is 19.9 Å². The van der Waals surface area contributed by atoms with Crippen LogP contribution in [0.25, 0.3) is 0 Å². The molecule has 31 heavy (non-hydrogen) atoms. The van der Waals surface area contributed by atoms with Gasteiger partial charge in [0.15, 0.2) is 0 Å². The Hall–Kier alpha value is -3.09. The molecule has 1 aromatic carbocycles. The molecular weight excluding hydrogens is 394 g/mol. The average Bonchev–Trinajstić information content (AvgIpc) is 3.06. The summed E-state index contributed by atoms with van der Waals surface area (Å²) in [4.78, 5) is 42.1. The first kappa shape index (κ1) is 22.6. The van der Waals surface area contributed by atoms with Crippen LogP contribution < -0.4 is 5.32 Å². The molecule has 0 spiro atoms. The van der Waals surface area contributed by atoms with Crippen molar-refractivity contribution in [3.05, 3.63) is 57.9 Å². The summed E-state index contributed by atoms with van der Waals surface area (Å²) in [5.41, 5.74) is 4.39. The number of likely N-dealkylation sites (tertiary alicyclic amines) is 1. The van der Waals surface area contributed by atoms with Crippen molar-refractivity contribution in [3.8, 4) is 0 Å². The number of aryl methyl sites for hydroxylation is 2. The van der Waals surface area contributed by atoms with Crippen LogP contribution in [0.2, 0.25) is 0 Å². The average molecular weight is 426 g/mol. The van der Waals surface area contributed by atoms with Crippen LogP contribution in [0.3, 0.4) is 0 Å². The molecule has 2 amide bonds. The topological polar surface area (TPSA) is 91.5 Å². The second kappa shape index (κ2) is 9.81. The molecule has 0 radical (unpaired) electrons. The number of amides is 2. The Balaban J connectivity index is 1.50. The highest BCUT2D eigenvalue weighted by Crippen LogP contribution is 2.25. The first-order valence-electron chi connectivity index (χ1n) is 10.7. The third-order valence-electron chi connectivity index (χ3n) is 6.03. The van der Waals surface area contributed by atoms with Crippen molar-refractivity contribution in [3.63, 3.8) is 0 Å². The quantitative estimate of drug-likeness (QED) is 0.695. The smallest absolute Gasteiger partial charge is 0.339 e. The Morgan fingerprint density at radius 2 is 1.74 bits per heavy atom. The van der Waals surface area contributed by atoms with Crippen molar-refractivity contribution >= 4 is 17.8 Å². The SMILES string of the molecule is COC(=O)c1c(C)[nH]c(C(=O)N2CCC(CC(=O)NCc3ccc(C)cc3)CC2)c1C. The van der Waals surface area contributed by atoms with E-state index < -0.39 is 5.97 Å². The van der Waals surface area contributed by atoms with Crippen molar-refractivity contribution in [1.82, 2.24) is 15.2 Å². The molecule has 1 aliphatic rings. The number of methoxy groups -OCH3 is 1. The van der Waals surface area contributed by atoms with Crippen LogP contribution >= 0.6 is 0 Å². The zero-order valence-corrected chi connectivity index (χ0v) is 18.7. The molecule has 7 nitrogen and oxygen atoms in total. The zero-order valence-electron chi connectivity index (χ0n) is 18.7. The number of benzene rings is 1. The maximum Gasteiger partial charge on any atom is 0.339 e. The molecule has 3 rings (SSSR count). The number of aromatic amines is 1. The molecular formula is C24H31N3O4.